The minimum absolute atomic E-state index is 0.484. The summed E-state index contributed by atoms with van der Waals surface area (Å²) in [6.07, 6.45) is 2.69. The van der Waals surface area contributed by atoms with Crippen molar-refractivity contribution < 1.29 is 9.47 Å². The summed E-state index contributed by atoms with van der Waals surface area (Å²) in [6.45, 7) is 2.90. The topological polar surface area (TPSA) is 68.3 Å². The highest BCUT2D eigenvalue weighted by Gasteiger charge is 2.11. The van der Waals surface area contributed by atoms with Crippen LogP contribution in [0.2, 0.25) is 5.02 Å². The molecule has 2 N–H and O–H groups in total. The largest absolute Gasteiger partial charge is 0.495 e. The molecule has 0 fully saturated rings. The summed E-state index contributed by atoms with van der Waals surface area (Å²) in [4.78, 5) is 8.57. The lowest BCUT2D eigenvalue weighted by Crippen LogP contribution is -2.05. The van der Waals surface area contributed by atoms with Gasteiger partial charge in [-0.3, -0.25) is 0 Å². The minimum atomic E-state index is 0.484. The Morgan fingerprint density at radius 3 is 2.64 bits per heavy atom. The van der Waals surface area contributed by atoms with E-state index in [0.29, 0.717) is 34.0 Å². The van der Waals surface area contributed by atoms with Gasteiger partial charge in [-0.2, -0.15) is 4.98 Å². The first-order valence-corrected chi connectivity index (χ1v) is 7.31. The average Bonchev–Trinajstić information content (AvgIpc) is 2.54. The van der Waals surface area contributed by atoms with Crippen LogP contribution in [0.1, 0.15) is 13.3 Å². The number of aromatic nitrogens is 2. The molecular formula is C15H19ClN4O2. The number of methoxy groups -OCH3 is 2. The molecule has 0 aliphatic rings. The quantitative estimate of drug-likeness (QED) is 0.810. The molecule has 1 aromatic carbocycles. The number of anilines is 3. The Balaban J connectivity index is 2.26. The fourth-order valence-electron chi connectivity index (χ4n) is 1.85. The zero-order valence-corrected chi connectivity index (χ0v) is 13.6. The second-order valence-electron chi connectivity index (χ2n) is 4.50. The molecule has 7 heteroatoms. The SMILES string of the molecule is CCCNc1nccc(Nc2cc(OC)c(Cl)cc2OC)n1. The maximum atomic E-state index is 6.10. The highest BCUT2D eigenvalue weighted by atomic mass is 35.5. The fourth-order valence-corrected chi connectivity index (χ4v) is 2.08. The molecular weight excluding hydrogens is 304 g/mol. The van der Waals surface area contributed by atoms with E-state index in [2.05, 4.69) is 27.5 Å². The molecule has 1 aromatic heterocycles. The van der Waals surface area contributed by atoms with Gasteiger partial charge in [-0.25, -0.2) is 4.98 Å². The Kier molecular flexibility index (Phi) is 5.66. The van der Waals surface area contributed by atoms with Crippen molar-refractivity contribution in [1.82, 2.24) is 9.97 Å². The van der Waals surface area contributed by atoms with Crippen LogP contribution in [0.3, 0.4) is 0 Å². The third-order valence-electron chi connectivity index (χ3n) is 2.93. The number of halogens is 1. The highest BCUT2D eigenvalue weighted by molar-refractivity contribution is 6.32. The Morgan fingerprint density at radius 1 is 1.18 bits per heavy atom. The number of nitrogens with one attached hydrogen (secondary N) is 2. The van der Waals surface area contributed by atoms with Crippen molar-refractivity contribution >= 4 is 29.1 Å². The summed E-state index contributed by atoms with van der Waals surface area (Å²) in [5.74, 6) is 2.39. The summed E-state index contributed by atoms with van der Waals surface area (Å²) < 4.78 is 10.6. The van der Waals surface area contributed by atoms with Crippen molar-refractivity contribution in [3.05, 3.63) is 29.4 Å². The molecule has 6 nitrogen and oxygen atoms in total. The standard InChI is InChI=1S/C15H19ClN4O2/c1-4-6-17-15-18-7-5-14(20-15)19-11-9-12(21-2)10(16)8-13(11)22-3/h5,7-9H,4,6H2,1-3H3,(H2,17,18,19,20). The second-order valence-corrected chi connectivity index (χ2v) is 4.91. The van der Waals surface area contributed by atoms with Gasteiger partial charge in [0.15, 0.2) is 0 Å². The lowest BCUT2D eigenvalue weighted by atomic mass is 10.2. The monoisotopic (exact) mass is 322 g/mol. The highest BCUT2D eigenvalue weighted by Crippen LogP contribution is 2.37. The van der Waals surface area contributed by atoms with Crippen LogP contribution in [-0.4, -0.2) is 30.7 Å². The Bertz CT molecular complexity index is 637. The van der Waals surface area contributed by atoms with Gasteiger partial charge in [-0.1, -0.05) is 18.5 Å². The van der Waals surface area contributed by atoms with Crippen molar-refractivity contribution in [3.63, 3.8) is 0 Å². The number of hydrogen-bond donors (Lipinski definition) is 2. The molecule has 0 saturated heterocycles. The summed E-state index contributed by atoms with van der Waals surface area (Å²) in [6, 6.07) is 5.24. The number of benzene rings is 1. The second kappa shape index (κ2) is 7.70. The normalized spacial score (nSPS) is 10.2. The number of ether oxygens (including phenoxy) is 2. The molecule has 22 heavy (non-hydrogen) atoms. The summed E-state index contributed by atoms with van der Waals surface area (Å²) in [5.41, 5.74) is 0.712. The lowest BCUT2D eigenvalue weighted by Gasteiger charge is -2.14. The predicted molar refractivity (Wildman–Crippen MR) is 88.7 cm³/mol. The minimum Gasteiger partial charge on any atom is -0.495 e. The number of rotatable bonds is 7. The van der Waals surface area contributed by atoms with Crippen LogP contribution in [0, 0.1) is 0 Å². The molecule has 2 aromatic rings. The van der Waals surface area contributed by atoms with Crippen molar-refractivity contribution in [2.75, 3.05) is 31.4 Å². The predicted octanol–water partition coefficient (Wildman–Crippen LogP) is 3.71. The van der Waals surface area contributed by atoms with Crippen molar-refractivity contribution in [2.45, 2.75) is 13.3 Å². The first kappa shape index (κ1) is 16.2. The van der Waals surface area contributed by atoms with Gasteiger partial charge in [0.1, 0.15) is 17.3 Å². The smallest absolute Gasteiger partial charge is 0.224 e. The Morgan fingerprint density at radius 2 is 1.95 bits per heavy atom. The van der Waals surface area contributed by atoms with E-state index < -0.39 is 0 Å². The summed E-state index contributed by atoms with van der Waals surface area (Å²) in [7, 11) is 3.15. The van der Waals surface area contributed by atoms with Crippen LogP contribution >= 0.6 is 11.6 Å². The molecule has 0 aliphatic carbocycles. The van der Waals surface area contributed by atoms with E-state index >= 15 is 0 Å². The molecule has 0 unspecified atom stereocenters. The number of nitrogens with zero attached hydrogens (tertiary/aromatic N) is 2. The molecule has 0 aliphatic heterocycles. The van der Waals surface area contributed by atoms with E-state index in [1.54, 1.807) is 38.6 Å². The van der Waals surface area contributed by atoms with Crippen molar-refractivity contribution in [3.8, 4) is 11.5 Å². The van der Waals surface area contributed by atoms with Crippen molar-refractivity contribution in [2.24, 2.45) is 0 Å². The fraction of sp³-hybridized carbons (Fsp3) is 0.333. The van der Waals surface area contributed by atoms with Crippen LogP contribution in [0.4, 0.5) is 17.5 Å². The summed E-state index contributed by atoms with van der Waals surface area (Å²) in [5, 5.41) is 6.81. The van der Waals surface area contributed by atoms with Crippen LogP contribution in [0.5, 0.6) is 11.5 Å². The maximum Gasteiger partial charge on any atom is 0.224 e. The van der Waals surface area contributed by atoms with Gasteiger partial charge in [0.05, 0.1) is 24.9 Å². The van der Waals surface area contributed by atoms with Crippen LogP contribution in [0.25, 0.3) is 0 Å². The Labute approximate surface area is 134 Å². The van der Waals surface area contributed by atoms with E-state index in [9.17, 15) is 0 Å². The molecule has 0 saturated carbocycles. The Hall–Kier alpha value is -2.21. The molecule has 0 spiro atoms. The van der Waals surface area contributed by atoms with E-state index in [4.69, 9.17) is 21.1 Å². The van der Waals surface area contributed by atoms with E-state index in [-0.39, 0.29) is 0 Å². The average molecular weight is 323 g/mol. The van der Waals surface area contributed by atoms with E-state index in [1.807, 2.05) is 0 Å². The van der Waals surface area contributed by atoms with Crippen LogP contribution in [0.15, 0.2) is 24.4 Å². The maximum absolute atomic E-state index is 6.10. The zero-order chi connectivity index (χ0) is 15.9. The van der Waals surface area contributed by atoms with Gasteiger partial charge >= 0.3 is 0 Å². The van der Waals surface area contributed by atoms with Gasteiger partial charge < -0.3 is 20.1 Å². The zero-order valence-electron chi connectivity index (χ0n) is 12.8. The molecule has 0 radical (unpaired) electrons. The first-order chi connectivity index (χ1) is 10.7. The van der Waals surface area contributed by atoms with Gasteiger partial charge in [-0.15, -0.1) is 0 Å². The number of hydrogen-bond acceptors (Lipinski definition) is 6. The van der Waals surface area contributed by atoms with E-state index in [1.165, 1.54) is 0 Å². The molecule has 1 heterocycles. The van der Waals surface area contributed by atoms with Crippen molar-refractivity contribution in [1.29, 1.82) is 0 Å². The van der Waals surface area contributed by atoms with Crippen LogP contribution < -0.4 is 20.1 Å². The van der Waals surface area contributed by atoms with Gasteiger partial charge in [0, 0.05) is 24.9 Å². The molecule has 118 valence electrons. The molecule has 0 amide bonds. The van der Waals surface area contributed by atoms with Gasteiger partial charge in [0.25, 0.3) is 0 Å². The molecule has 2 rings (SSSR count). The first-order valence-electron chi connectivity index (χ1n) is 6.93. The molecule has 0 bridgehead atoms. The van der Waals surface area contributed by atoms with E-state index in [0.717, 1.165) is 13.0 Å². The van der Waals surface area contributed by atoms with Crippen LogP contribution in [-0.2, 0) is 0 Å². The third-order valence-corrected chi connectivity index (χ3v) is 3.22. The summed E-state index contributed by atoms with van der Waals surface area (Å²) >= 11 is 6.10. The lowest BCUT2D eigenvalue weighted by molar-refractivity contribution is 0.405. The third kappa shape index (κ3) is 3.92. The van der Waals surface area contributed by atoms with Gasteiger partial charge in [0.2, 0.25) is 5.95 Å². The molecule has 0 atom stereocenters. The van der Waals surface area contributed by atoms with Gasteiger partial charge in [-0.05, 0) is 12.5 Å².